The molecule has 0 saturated carbocycles. The van der Waals surface area contributed by atoms with Crippen molar-refractivity contribution in [2.45, 2.75) is 26.2 Å². The Labute approximate surface area is 127 Å². The van der Waals surface area contributed by atoms with Gasteiger partial charge in [0.1, 0.15) is 0 Å². The quantitative estimate of drug-likeness (QED) is 0.676. The number of fused-ring (bicyclic) bond motifs is 1. The molecule has 6 heteroatoms. The molecule has 0 bridgehead atoms. The first-order valence-corrected chi connectivity index (χ1v) is 7.20. The van der Waals surface area contributed by atoms with E-state index >= 15 is 0 Å². The summed E-state index contributed by atoms with van der Waals surface area (Å²) in [6.07, 6.45) is 2.91. The fourth-order valence-corrected chi connectivity index (χ4v) is 2.78. The maximum atomic E-state index is 12.2. The normalized spacial score (nSPS) is 14.1. The van der Waals surface area contributed by atoms with E-state index in [-0.39, 0.29) is 5.91 Å². The summed E-state index contributed by atoms with van der Waals surface area (Å²) in [6.45, 7) is 1.80. The average Bonchev–Trinajstić information content (AvgIpc) is 3.07. The highest BCUT2D eigenvalue weighted by atomic mass is 35.5. The van der Waals surface area contributed by atoms with E-state index < -0.39 is 0 Å². The zero-order chi connectivity index (χ0) is 14.8. The van der Waals surface area contributed by atoms with E-state index in [9.17, 15) is 4.79 Å². The van der Waals surface area contributed by atoms with Crippen molar-refractivity contribution in [1.82, 2.24) is 15.6 Å². The molecule has 0 atom stereocenters. The Balaban J connectivity index is 1.76. The van der Waals surface area contributed by atoms with Crippen LogP contribution in [0.3, 0.4) is 0 Å². The third kappa shape index (κ3) is 2.69. The third-order valence-electron chi connectivity index (χ3n) is 3.61. The molecule has 1 aliphatic rings. The summed E-state index contributed by atoms with van der Waals surface area (Å²) in [5.74, 6) is -0.291. The number of halogens is 1. The molecule has 108 valence electrons. The Morgan fingerprint density at radius 1 is 1.38 bits per heavy atom. The number of nitrogens with zero attached hydrogens (tertiary/aromatic N) is 2. The van der Waals surface area contributed by atoms with Crippen LogP contribution in [0.5, 0.6) is 0 Å². The molecule has 1 amide bonds. The number of hydrogen-bond acceptors (Lipinski definition) is 3. The van der Waals surface area contributed by atoms with Crippen molar-refractivity contribution in [3.05, 3.63) is 51.8 Å². The van der Waals surface area contributed by atoms with Crippen LogP contribution in [-0.2, 0) is 12.8 Å². The summed E-state index contributed by atoms with van der Waals surface area (Å²) < 4.78 is 0. The molecule has 0 unspecified atom stereocenters. The Morgan fingerprint density at radius 2 is 2.19 bits per heavy atom. The highest BCUT2D eigenvalue weighted by molar-refractivity contribution is 6.34. The van der Waals surface area contributed by atoms with Crippen LogP contribution in [0.4, 0.5) is 0 Å². The number of H-pyrrole nitrogens is 1. The predicted octanol–water partition coefficient (Wildman–Crippen LogP) is 2.71. The topological polar surface area (TPSA) is 70.1 Å². The van der Waals surface area contributed by atoms with Gasteiger partial charge in [0.25, 0.3) is 5.91 Å². The second-order valence-electron chi connectivity index (χ2n) is 5.00. The fraction of sp³-hybridized carbons (Fsp3) is 0.267. The van der Waals surface area contributed by atoms with E-state index in [2.05, 4.69) is 20.7 Å². The standard InChI is InChI=1S/C15H15ClN4O/c1-9(10-5-2-3-7-12(10)16)17-20-15(21)14-11-6-4-8-13(11)18-19-14/h2-3,5,7H,4,6,8H2,1H3,(H,18,19)(H,20,21). The Morgan fingerprint density at radius 3 is 3.00 bits per heavy atom. The van der Waals surface area contributed by atoms with Crippen LogP contribution in [0, 0.1) is 0 Å². The fourth-order valence-electron chi connectivity index (χ4n) is 2.51. The first kappa shape index (κ1) is 13.8. The molecule has 0 fully saturated rings. The van der Waals surface area contributed by atoms with Gasteiger partial charge in [-0.2, -0.15) is 10.2 Å². The van der Waals surface area contributed by atoms with Gasteiger partial charge in [-0.05, 0) is 32.3 Å². The van der Waals surface area contributed by atoms with Gasteiger partial charge in [-0.25, -0.2) is 5.43 Å². The van der Waals surface area contributed by atoms with Gasteiger partial charge >= 0.3 is 0 Å². The van der Waals surface area contributed by atoms with Gasteiger partial charge in [-0.15, -0.1) is 0 Å². The van der Waals surface area contributed by atoms with Crippen LogP contribution in [-0.4, -0.2) is 21.8 Å². The number of rotatable bonds is 3. The van der Waals surface area contributed by atoms with E-state index in [1.807, 2.05) is 18.2 Å². The van der Waals surface area contributed by atoms with Crippen molar-refractivity contribution in [2.24, 2.45) is 5.10 Å². The minimum absolute atomic E-state index is 0.291. The molecule has 0 radical (unpaired) electrons. The lowest BCUT2D eigenvalue weighted by molar-refractivity contribution is 0.0949. The van der Waals surface area contributed by atoms with Crippen LogP contribution in [0.25, 0.3) is 0 Å². The number of nitrogens with one attached hydrogen (secondary N) is 2. The lowest BCUT2D eigenvalue weighted by atomic mass is 10.1. The number of amides is 1. The summed E-state index contributed by atoms with van der Waals surface area (Å²) in [7, 11) is 0. The van der Waals surface area contributed by atoms with E-state index in [1.165, 1.54) is 0 Å². The second kappa shape index (κ2) is 5.69. The van der Waals surface area contributed by atoms with E-state index in [0.717, 1.165) is 36.1 Å². The number of carbonyl (C=O) groups excluding carboxylic acids is 1. The van der Waals surface area contributed by atoms with Gasteiger partial charge in [-0.1, -0.05) is 29.8 Å². The first-order valence-electron chi connectivity index (χ1n) is 6.82. The molecule has 1 aliphatic carbocycles. The Bertz CT molecular complexity index is 720. The minimum atomic E-state index is -0.291. The zero-order valence-electron chi connectivity index (χ0n) is 11.6. The smallest absolute Gasteiger partial charge is 0.281 e. The average molecular weight is 303 g/mol. The maximum Gasteiger partial charge on any atom is 0.292 e. The monoisotopic (exact) mass is 302 g/mol. The van der Waals surface area contributed by atoms with Crippen LogP contribution in [0.15, 0.2) is 29.4 Å². The Kier molecular flexibility index (Phi) is 3.75. The van der Waals surface area contributed by atoms with Crippen LogP contribution in [0.2, 0.25) is 5.02 Å². The van der Waals surface area contributed by atoms with Crippen LogP contribution >= 0.6 is 11.6 Å². The minimum Gasteiger partial charge on any atom is -0.281 e. The molecule has 5 nitrogen and oxygen atoms in total. The molecule has 2 N–H and O–H groups in total. The highest BCUT2D eigenvalue weighted by Gasteiger charge is 2.22. The molecule has 1 aromatic heterocycles. The van der Waals surface area contributed by atoms with Gasteiger partial charge in [0, 0.05) is 21.8 Å². The first-order chi connectivity index (χ1) is 10.2. The number of hydrazone groups is 1. The molecular formula is C15H15ClN4O. The zero-order valence-corrected chi connectivity index (χ0v) is 12.4. The van der Waals surface area contributed by atoms with Crippen LogP contribution in [0.1, 0.15) is 40.7 Å². The number of benzene rings is 1. The van der Waals surface area contributed by atoms with Gasteiger partial charge in [0.2, 0.25) is 0 Å². The molecule has 21 heavy (non-hydrogen) atoms. The molecule has 1 aromatic carbocycles. The van der Waals surface area contributed by atoms with Gasteiger partial charge in [0.05, 0.1) is 5.71 Å². The lowest BCUT2D eigenvalue weighted by Crippen LogP contribution is -2.21. The van der Waals surface area contributed by atoms with E-state index in [0.29, 0.717) is 16.4 Å². The van der Waals surface area contributed by atoms with Crippen molar-refractivity contribution in [3.63, 3.8) is 0 Å². The summed E-state index contributed by atoms with van der Waals surface area (Å²) in [5.41, 5.74) is 6.52. The van der Waals surface area contributed by atoms with Gasteiger partial charge < -0.3 is 0 Å². The summed E-state index contributed by atoms with van der Waals surface area (Å²) >= 11 is 6.10. The van der Waals surface area contributed by atoms with Crippen LogP contribution < -0.4 is 5.43 Å². The van der Waals surface area contributed by atoms with E-state index in [1.54, 1.807) is 13.0 Å². The molecule has 0 saturated heterocycles. The van der Waals surface area contributed by atoms with Crippen molar-refractivity contribution >= 4 is 23.2 Å². The van der Waals surface area contributed by atoms with Crippen molar-refractivity contribution in [1.29, 1.82) is 0 Å². The molecular weight excluding hydrogens is 288 g/mol. The summed E-state index contributed by atoms with van der Waals surface area (Å²) in [4.78, 5) is 12.2. The number of hydrogen-bond donors (Lipinski definition) is 2. The maximum absolute atomic E-state index is 12.2. The number of aromatic amines is 1. The molecule has 0 aliphatic heterocycles. The molecule has 2 aromatic rings. The van der Waals surface area contributed by atoms with Crippen molar-refractivity contribution in [3.8, 4) is 0 Å². The number of aryl methyl sites for hydroxylation is 1. The second-order valence-corrected chi connectivity index (χ2v) is 5.41. The lowest BCUT2D eigenvalue weighted by Gasteiger charge is -2.04. The predicted molar refractivity (Wildman–Crippen MR) is 81.7 cm³/mol. The number of aromatic nitrogens is 2. The SMILES string of the molecule is CC(=NNC(=O)c1n[nH]c2c1CCC2)c1ccccc1Cl. The molecule has 0 spiro atoms. The molecule has 1 heterocycles. The van der Waals surface area contributed by atoms with Gasteiger partial charge in [0.15, 0.2) is 5.69 Å². The Hall–Kier alpha value is -2.14. The highest BCUT2D eigenvalue weighted by Crippen LogP contribution is 2.22. The largest absolute Gasteiger partial charge is 0.292 e. The van der Waals surface area contributed by atoms with Crippen molar-refractivity contribution in [2.75, 3.05) is 0 Å². The van der Waals surface area contributed by atoms with E-state index in [4.69, 9.17) is 11.6 Å². The van der Waals surface area contributed by atoms with Crippen molar-refractivity contribution < 1.29 is 4.79 Å². The van der Waals surface area contributed by atoms with Gasteiger partial charge in [-0.3, -0.25) is 9.89 Å². The summed E-state index contributed by atoms with van der Waals surface area (Å²) in [5, 5.41) is 11.7. The molecule has 3 rings (SSSR count). The summed E-state index contributed by atoms with van der Waals surface area (Å²) in [6, 6.07) is 7.38. The number of carbonyl (C=O) groups is 1. The third-order valence-corrected chi connectivity index (χ3v) is 3.94.